The summed E-state index contributed by atoms with van der Waals surface area (Å²) in [6.45, 7) is 4.70. The van der Waals surface area contributed by atoms with Gasteiger partial charge in [0.25, 0.3) is 17.5 Å². The van der Waals surface area contributed by atoms with Crippen molar-refractivity contribution in [2.45, 2.75) is 0 Å². The molecular weight excluding hydrogens is 386 g/mol. The van der Waals surface area contributed by atoms with Crippen LogP contribution >= 0.6 is 0 Å². The van der Waals surface area contributed by atoms with Gasteiger partial charge in [-0.2, -0.15) is 0 Å². The molecule has 1 aliphatic rings. The molecule has 1 heterocycles. The number of nitro benzene ring substituents is 1. The Morgan fingerprint density at radius 3 is 2.30 bits per heavy atom. The maximum atomic E-state index is 13.3. The molecule has 0 radical (unpaired) electrons. The molecule has 2 amide bonds. The van der Waals surface area contributed by atoms with Crippen LogP contribution in [0, 0.1) is 10.1 Å². The average molecular weight is 411 g/mol. The van der Waals surface area contributed by atoms with Gasteiger partial charge < -0.3 is 15.5 Å². The van der Waals surface area contributed by atoms with Crippen molar-refractivity contribution in [3.8, 4) is 0 Å². The van der Waals surface area contributed by atoms with Crippen molar-refractivity contribution in [2.24, 2.45) is 5.73 Å². The molecule has 0 atom stereocenters. The minimum atomic E-state index is -0.619. The molecule has 0 aliphatic carbocycles. The number of nitrogens with zero attached hydrogens (tertiary/aromatic N) is 4. The lowest BCUT2D eigenvalue weighted by molar-refractivity contribution is -0.384. The minimum Gasteiger partial charge on any atom is -0.366 e. The second kappa shape index (κ2) is 9.47. The van der Waals surface area contributed by atoms with Gasteiger partial charge in [-0.1, -0.05) is 12.1 Å². The van der Waals surface area contributed by atoms with E-state index in [9.17, 15) is 19.7 Å². The van der Waals surface area contributed by atoms with Crippen molar-refractivity contribution in [3.63, 3.8) is 0 Å². The normalized spacial score (nSPS) is 15.0. The number of anilines is 1. The Labute approximate surface area is 174 Å². The predicted octanol–water partition coefficient (Wildman–Crippen LogP) is 1.59. The third-order valence-corrected chi connectivity index (χ3v) is 5.27. The molecular formula is C21H25N5O4. The Hall–Kier alpha value is -3.30. The van der Waals surface area contributed by atoms with E-state index in [1.165, 1.54) is 29.2 Å². The van der Waals surface area contributed by atoms with E-state index in [4.69, 9.17) is 5.73 Å². The highest BCUT2D eigenvalue weighted by atomic mass is 16.6. The lowest BCUT2D eigenvalue weighted by atomic mass is 10.1. The number of nitrogens with two attached hydrogens (primary N) is 1. The Balaban J connectivity index is 1.88. The summed E-state index contributed by atoms with van der Waals surface area (Å²) in [5.41, 5.74) is 6.43. The number of rotatable bonds is 7. The summed E-state index contributed by atoms with van der Waals surface area (Å²) in [6.07, 6.45) is 0. The molecule has 0 aromatic heterocycles. The highest BCUT2D eigenvalue weighted by Crippen LogP contribution is 2.23. The highest BCUT2D eigenvalue weighted by molar-refractivity contribution is 6.10. The Kier molecular flexibility index (Phi) is 6.76. The zero-order valence-electron chi connectivity index (χ0n) is 16.9. The number of likely N-dealkylation sites (N-methyl/N-ethyl adjacent to an activating group) is 1. The highest BCUT2D eigenvalue weighted by Gasteiger charge is 2.24. The van der Waals surface area contributed by atoms with E-state index in [1.54, 1.807) is 24.3 Å². The number of para-hydroxylation sites is 1. The van der Waals surface area contributed by atoms with E-state index in [1.807, 2.05) is 0 Å². The molecule has 2 N–H and O–H groups in total. The van der Waals surface area contributed by atoms with E-state index in [0.717, 1.165) is 26.2 Å². The van der Waals surface area contributed by atoms with Crippen molar-refractivity contribution < 1.29 is 14.5 Å². The van der Waals surface area contributed by atoms with Gasteiger partial charge in [-0.25, -0.2) is 0 Å². The maximum Gasteiger partial charge on any atom is 0.269 e. The number of nitro groups is 1. The monoisotopic (exact) mass is 411 g/mol. The smallest absolute Gasteiger partial charge is 0.269 e. The second-order valence-electron chi connectivity index (χ2n) is 7.29. The van der Waals surface area contributed by atoms with Gasteiger partial charge in [-0.05, 0) is 31.3 Å². The lowest BCUT2D eigenvalue weighted by Crippen LogP contribution is -2.48. The third-order valence-electron chi connectivity index (χ3n) is 5.27. The number of benzene rings is 2. The molecule has 0 spiro atoms. The SMILES string of the molecule is CN1CCN(CCN(C(=O)c2ccc([N+](=O)[O-])cc2)c2ccccc2C(N)=O)CC1. The summed E-state index contributed by atoms with van der Waals surface area (Å²) in [6, 6.07) is 12.2. The summed E-state index contributed by atoms with van der Waals surface area (Å²) >= 11 is 0. The first-order valence-corrected chi connectivity index (χ1v) is 9.73. The summed E-state index contributed by atoms with van der Waals surface area (Å²) < 4.78 is 0. The first-order chi connectivity index (χ1) is 14.4. The largest absolute Gasteiger partial charge is 0.366 e. The molecule has 3 rings (SSSR count). The van der Waals surface area contributed by atoms with Crippen LogP contribution in [0.4, 0.5) is 11.4 Å². The molecule has 9 nitrogen and oxygen atoms in total. The molecule has 2 aromatic rings. The summed E-state index contributed by atoms with van der Waals surface area (Å²) in [5, 5.41) is 10.9. The molecule has 0 bridgehead atoms. The molecule has 30 heavy (non-hydrogen) atoms. The number of piperazine rings is 1. The number of carbonyl (C=O) groups is 2. The molecule has 1 fully saturated rings. The predicted molar refractivity (Wildman–Crippen MR) is 114 cm³/mol. The Morgan fingerprint density at radius 1 is 1.07 bits per heavy atom. The Bertz CT molecular complexity index is 923. The van der Waals surface area contributed by atoms with Crippen LogP contribution < -0.4 is 10.6 Å². The number of amides is 2. The van der Waals surface area contributed by atoms with E-state index in [-0.39, 0.29) is 17.2 Å². The van der Waals surface area contributed by atoms with Crippen molar-refractivity contribution >= 4 is 23.2 Å². The van der Waals surface area contributed by atoms with E-state index >= 15 is 0 Å². The molecule has 9 heteroatoms. The van der Waals surface area contributed by atoms with Crippen molar-refractivity contribution in [1.82, 2.24) is 9.80 Å². The van der Waals surface area contributed by atoms with E-state index in [0.29, 0.717) is 24.3 Å². The third kappa shape index (κ3) is 5.00. The summed E-state index contributed by atoms with van der Waals surface area (Å²) in [5.74, 6) is -0.959. The molecule has 0 unspecified atom stereocenters. The number of hydrogen-bond donors (Lipinski definition) is 1. The summed E-state index contributed by atoms with van der Waals surface area (Å²) in [4.78, 5) is 41.7. The van der Waals surface area contributed by atoms with Crippen LogP contribution in [0.2, 0.25) is 0 Å². The second-order valence-corrected chi connectivity index (χ2v) is 7.29. The van der Waals surface area contributed by atoms with Gasteiger partial charge in [0.15, 0.2) is 0 Å². The van der Waals surface area contributed by atoms with Crippen LogP contribution in [-0.2, 0) is 0 Å². The van der Waals surface area contributed by atoms with Crippen LogP contribution in [0.1, 0.15) is 20.7 Å². The zero-order valence-corrected chi connectivity index (χ0v) is 16.9. The van der Waals surface area contributed by atoms with Gasteiger partial charge in [0, 0.05) is 57.0 Å². The molecule has 0 saturated carbocycles. The van der Waals surface area contributed by atoms with Crippen LogP contribution in [0.25, 0.3) is 0 Å². The molecule has 158 valence electrons. The molecule has 2 aromatic carbocycles. The average Bonchev–Trinajstić information content (AvgIpc) is 2.75. The van der Waals surface area contributed by atoms with Crippen molar-refractivity contribution in [2.75, 3.05) is 51.2 Å². The number of carbonyl (C=O) groups excluding carboxylic acids is 2. The van der Waals surface area contributed by atoms with Gasteiger partial charge >= 0.3 is 0 Å². The number of hydrogen-bond acceptors (Lipinski definition) is 6. The fourth-order valence-corrected chi connectivity index (χ4v) is 3.44. The Morgan fingerprint density at radius 2 is 1.70 bits per heavy atom. The topological polar surface area (TPSA) is 113 Å². The van der Waals surface area contributed by atoms with Crippen LogP contribution in [0.15, 0.2) is 48.5 Å². The fourth-order valence-electron chi connectivity index (χ4n) is 3.44. The minimum absolute atomic E-state index is 0.0897. The van der Waals surface area contributed by atoms with Crippen molar-refractivity contribution in [3.05, 3.63) is 69.8 Å². The van der Waals surface area contributed by atoms with Crippen LogP contribution in [-0.4, -0.2) is 72.9 Å². The standard InChI is InChI=1S/C21H25N5O4/c1-23-10-12-24(13-11-23)14-15-25(19-5-3-2-4-18(19)20(22)27)21(28)16-6-8-17(9-7-16)26(29)30/h2-9H,10-15H2,1H3,(H2,22,27). The van der Waals surface area contributed by atoms with Gasteiger partial charge in [0.05, 0.1) is 16.2 Å². The van der Waals surface area contributed by atoms with Crippen molar-refractivity contribution in [1.29, 1.82) is 0 Å². The lowest BCUT2D eigenvalue weighted by Gasteiger charge is -2.34. The van der Waals surface area contributed by atoms with Gasteiger partial charge in [0.1, 0.15) is 0 Å². The number of primary amides is 1. The van der Waals surface area contributed by atoms with Crippen LogP contribution in [0.5, 0.6) is 0 Å². The summed E-state index contributed by atoms with van der Waals surface area (Å²) in [7, 11) is 2.07. The van der Waals surface area contributed by atoms with Gasteiger partial charge in [-0.15, -0.1) is 0 Å². The first-order valence-electron chi connectivity index (χ1n) is 9.73. The quantitative estimate of drug-likeness (QED) is 0.547. The first kappa shape index (κ1) is 21.4. The fraction of sp³-hybridized carbons (Fsp3) is 0.333. The zero-order chi connectivity index (χ0) is 21.7. The van der Waals surface area contributed by atoms with Gasteiger partial charge in [-0.3, -0.25) is 24.6 Å². The maximum absolute atomic E-state index is 13.3. The number of non-ortho nitro benzene ring substituents is 1. The molecule has 1 saturated heterocycles. The van der Waals surface area contributed by atoms with Gasteiger partial charge in [0.2, 0.25) is 0 Å². The van der Waals surface area contributed by atoms with E-state index in [2.05, 4.69) is 16.8 Å². The van der Waals surface area contributed by atoms with Crippen LogP contribution in [0.3, 0.4) is 0 Å². The molecule has 1 aliphatic heterocycles. The van der Waals surface area contributed by atoms with E-state index < -0.39 is 10.8 Å².